The first-order valence-corrected chi connectivity index (χ1v) is 6.85. The molecule has 0 rings (SSSR count). The summed E-state index contributed by atoms with van der Waals surface area (Å²) in [6.45, 7) is 9.26. The standard InChI is InChI=1S/C13H28B2/c1-5-7-8-13(4)9-10-14-15-11-12(3)6-2/h12-13H,5-11H2,1-4H3. The molecule has 2 heteroatoms. The van der Waals surface area contributed by atoms with Crippen molar-refractivity contribution < 1.29 is 0 Å². The molecule has 2 unspecified atom stereocenters. The Balaban J connectivity index is 3.16. The third-order valence-electron chi connectivity index (χ3n) is 3.28. The van der Waals surface area contributed by atoms with Crippen LogP contribution in [-0.4, -0.2) is 14.3 Å². The predicted octanol–water partition coefficient (Wildman–Crippen LogP) is 4.41. The Bertz CT molecular complexity index is 126. The Morgan fingerprint density at radius 3 is 2.27 bits per heavy atom. The van der Waals surface area contributed by atoms with Gasteiger partial charge in [0.05, 0.1) is 14.3 Å². The molecule has 0 bridgehead atoms. The molecule has 0 aromatic carbocycles. The van der Waals surface area contributed by atoms with Crippen LogP contribution < -0.4 is 0 Å². The van der Waals surface area contributed by atoms with E-state index in [4.69, 9.17) is 0 Å². The number of unbranched alkanes of at least 4 members (excludes halogenated alkanes) is 1. The molecule has 15 heavy (non-hydrogen) atoms. The molecule has 0 amide bonds. The smallest absolute Gasteiger partial charge is 0.0656 e. The first kappa shape index (κ1) is 15.1. The minimum absolute atomic E-state index is 0.860. The van der Waals surface area contributed by atoms with Crippen molar-refractivity contribution in [2.24, 2.45) is 11.8 Å². The van der Waals surface area contributed by atoms with E-state index < -0.39 is 0 Å². The van der Waals surface area contributed by atoms with Crippen molar-refractivity contribution in [2.45, 2.75) is 72.4 Å². The molecule has 0 fully saturated rings. The molecule has 0 aromatic rings. The van der Waals surface area contributed by atoms with Gasteiger partial charge < -0.3 is 0 Å². The summed E-state index contributed by atoms with van der Waals surface area (Å²) < 4.78 is 0. The van der Waals surface area contributed by atoms with Gasteiger partial charge in [0, 0.05) is 0 Å². The molecular formula is C13H28B2. The summed E-state index contributed by atoms with van der Waals surface area (Å²) in [7, 11) is 4.76. The van der Waals surface area contributed by atoms with Crippen molar-refractivity contribution in [1.82, 2.24) is 0 Å². The monoisotopic (exact) mass is 206 g/mol. The van der Waals surface area contributed by atoms with Crippen molar-refractivity contribution >= 4 is 14.3 Å². The van der Waals surface area contributed by atoms with E-state index in [1.165, 1.54) is 44.7 Å². The van der Waals surface area contributed by atoms with Gasteiger partial charge in [-0.05, 0) is 5.92 Å². The van der Waals surface area contributed by atoms with Gasteiger partial charge in [0.2, 0.25) is 0 Å². The largest absolute Gasteiger partial charge is 0.0884 e. The van der Waals surface area contributed by atoms with Gasteiger partial charge in [0.1, 0.15) is 0 Å². The van der Waals surface area contributed by atoms with E-state index in [0.717, 1.165) is 11.8 Å². The topological polar surface area (TPSA) is 0 Å². The van der Waals surface area contributed by atoms with Gasteiger partial charge in [-0.25, -0.2) is 0 Å². The molecule has 0 heterocycles. The summed E-state index contributed by atoms with van der Waals surface area (Å²) in [5, 5.41) is 0. The zero-order valence-corrected chi connectivity index (χ0v) is 11.3. The number of hydrogen-bond acceptors (Lipinski definition) is 0. The highest BCUT2D eigenvalue weighted by atomic mass is 14.0. The molecule has 2 radical (unpaired) electrons. The molecule has 0 aliphatic rings. The molecule has 86 valence electrons. The molecular weight excluding hydrogens is 178 g/mol. The Morgan fingerprint density at radius 2 is 1.67 bits per heavy atom. The molecule has 0 aliphatic carbocycles. The minimum Gasteiger partial charge on any atom is -0.0884 e. The van der Waals surface area contributed by atoms with Gasteiger partial charge in [-0.1, -0.05) is 78.4 Å². The summed E-state index contributed by atoms with van der Waals surface area (Å²) in [6, 6.07) is 0. The molecule has 0 N–H and O–H groups in total. The lowest BCUT2D eigenvalue weighted by Crippen LogP contribution is -2.08. The Hall–Kier alpha value is 0.130. The maximum Gasteiger partial charge on any atom is 0.0656 e. The van der Waals surface area contributed by atoms with Gasteiger partial charge >= 0.3 is 0 Å². The van der Waals surface area contributed by atoms with E-state index in [1.54, 1.807) is 0 Å². The highest BCUT2D eigenvalue weighted by Gasteiger charge is 2.03. The van der Waals surface area contributed by atoms with Crippen molar-refractivity contribution in [1.29, 1.82) is 0 Å². The normalized spacial score (nSPS) is 14.7. The fraction of sp³-hybridized carbons (Fsp3) is 1.00. The Kier molecular flexibility index (Phi) is 10.7. The first-order chi connectivity index (χ1) is 7.20. The van der Waals surface area contributed by atoms with Crippen LogP contribution in [0.3, 0.4) is 0 Å². The van der Waals surface area contributed by atoms with E-state index in [2.05, 4.69) is 42.0 Å². The average Bonchev–Trinajstić information content (AvgIpc) is 2.25. The Morgan fingerprint density at radius 1 is 0.933 bits per heavy atom. The van der Waals surface area contributed by atoms with Crippen LogP contribution in [0.1, 0.15) is 59.8 Å². The first-order valence-electron chi connectivity index (χ1n) is 6.85. The Labute approximate surface area is 99.1 Å². The van der Waals surface area contributed by atoms with Gasteiger partial charge in [0.25, 0.3) is 0 Å². The van der Waals surface area contributed by atoms with E-state index in [-0.39, 0.29) is 0 Å². The number of hydrogen-bond donors (Lipinski definition) is 0. The molecule has 0 spiro atoms. The second-order valence-electron chi connectivity index (χ2n) is 5.05. The second-order valence-corrected chi connectivity index (χ2v) is 5.05. The van der Waals surface area contributed by atoms with Crippen LogP contribution >= 0.6 is 0 Å². The summed E-state index contributed by atoms with van der Waals surface area (Å²) in [5.74, 6) is 1.77. The third-order valence-corrected chi connectivity index (χ3v) is 3.28. The van der Waals surface area contributed by atoms with Crippen molar-refractivity contribution in [2.75, 3.05) is 0 Å². The SMILES string of the molecule is CCCCC(C)CC[B][B]CC(C)CC. The molecule has 2 atom stereocenters. The lowest BCUT2D eigenvalue weighted by molar-refractivity contribution is 0.491. The lowest BCUT2D eigenvalue weighted by atomic mass is 9.35. The van der Waals surface area contributed by atoms with Crippen LogP contribution in [0, 0.1) is 11.8 Å². The van der Waals surface area contributed by atoms with Crippen LogP contribution in [-0.2, 0) is 0 Å². The zero-order valence-electron chi connectivity index (χ0n) is 11.3. The van der Waals surface area contributed by atoms with Crippen molar-refractivity contribution in [3.8, 4) is 0 Å². The maximum absolute atomic E-state index is 2.39. The van der Waals surface area contributed by atoms with Crippen molar-refractivity contribution in [3.63, 3.8) is 0 Å². The average molecular weight is 206 g/mol. The summed E-state index contributed by atoms with van der Waals surface area (Å²) in [5.41, 5.74) is 0. The van der Waals surface area contributed by atoms with Crippen LogP contribution in [0.5, 0.6) is 0 Å². The number of rotatable bonds is 10. The van der Waals surface area contributed by atoms with Gasteiger partial charge in [-0.2, -0.15) is 0 Å². The van der Waals surface area contributed by atoms with E-state index in [1.807, 2.05) is 0 Å². The van der Waals surface area contributed by atoms with E-state index in [0.29, 0.717) is 0 Å². The van der Waals surface area contributed by atoms with Gasteiger partial charge in [-0.15, -0.1) is 0 Å². The van der Waals surface area contributed by atoms with E-state index >= 15 is 0 Å². The highest BCUT2D eigenvalue weighted by Crippen LogP contribution is 2.14. The fourth-order valence-corrected chi connectivity index (χ4v) is 1.69. The third kappa shape index (κ3) is 10.4. The van der Waals surface area contributed by atoms with Crippen LogP contribution in [0.15, 0.2) is 0 Å². The summed E-state index contributed by atoms with van der Waals surface area (Å²) in [4.78, 5) is 0. The summed E-state index contributed by atoms with van der Waals surface area (Å²) >= 11 is 0. The minimum atomic E-state index is 0.860. The van der Waals surface area contributed by atoms with Crippen LogP contribution in [0.2, 0.25) is 12.6 Å². The zero-order chi connectivity index (χ0) is 11.5. The quantitative estimate of drug-likeness (QED) is 0.366. The maximum atomic E-state index is 2.39. The van der Waals surface area contributed by atoms with E-state index in [9.17, 15) is 0 Å². The fourth-order valence-electron chi connectivity index (χ4n) is 1.69. The predicted molar refractivity (Wildman–Crippen MR) is 73.9 cm³/mol. The van der Waals surface area contributed by atoms with Crippen LogP contribution in [0.25, 0.3) is 0 Å². The summed E-state index contributed by atoms with van der Waals surface area (Å²) in [6.07, 6.45) is 9.37. The second kappa shape index (κ2) is 10.6. The highest BCUT2D eigenvalue weighted by molar-refractivity contribution is 7.00. The molecule has 0 aliphatic heterocycles. The molecule has 0 nitrogen and oxygen atoms in total. The molecule has 0 saturated heterocycles. The molecule has 0 saturated carbocycles. The lowest BCUT2D eigenvalue weighted by Gasteiger charge is -2.10. The van der Waals surface area contributed by atoms with Crippen LogP contribution in [0.4, 0.5) is 0 Å². The van der Waals surface area contributed by atoms with Gasteiger partial charge in [0.15, 0.2) is 0 Å². The van der Waals surface area contributed by atoms with Gasteiger partial charge in [-0.3, -0.25) is 0 Å². The van der Waals surface area contributed by atoms with Crippen molar-refractivity contribution in [3.05, 3.63) is 0 Å². The molecule has 0 aromatic heterocycles.